The van der Waals surface area contributed by atoms with Crippen molar-refractivity contribution in [2.75, 3.05) is 40.0 Å². The Bertz CT molecular complexity index is 258. The molecule has 0 spiro atoms. The van der Waals surface area contributed by atoms with Gasteiger partial charge in [0.1, 0.15) is 12.6 Å². The van der Waals surface area contributed by atoms with Crippen molar-refractivity contribution in [3.05, 3.63) is 0 Å². The average molecular weight is 260 g/mol. The van der Waals surface area contributed by atoms with Crippen LogP contribution in [0.4, 0.5) is 0 Å². The number of nitrogens with zero attached hydrogens (tertiary/aromatic N) is 1. The first kappa shape index (κ1) is 16.9. The number of nitrogens with one attached hydrogen (secondary N) is 1. The molecule has 0 aromatic rings. The molecule has 0 aliphatic carbocycles. The van der Waals surface area contributed by atoms with Crippen molar-refractivity contribution in [3.8, 4) is 0 Å². The number of esters is 1. The molecule has 18 heavy (non-hydrogen) atoms. The van der Waals surface area contributed by atoms with Crippen molar-refractivity contribution >= 4 is 11.9 Å². The van der Waals surface area contributed by atoms with Crippen LogP contribution in [0.1, 0.15) is 20.8 Å². The van der Waals surface area contributed by atoms with E-state index >= 15 is 0 Å². The van der Waals surface area contributed by atoms with Crippen LogP contribution < -0.4 is 5.32 Å². The van der Waals surface area contributed by atoms with E-state index in [-0.39, 0.29) is 18.5 Å². The summed E-state index contributed by atoms with van der Waals surface area (Å²) >= 11 is 0. The summed E-state index contributed by atoms with van der Waals surface area (Å²) in [6.45, 7) is 7.36. The first-order chi connectivity index (χ1) is 8.56. The molecule has 0 aromatic heterocycles. The molecule has 0 fully saturated rings. The van der Waals surface area contributed by atoms with Crippen molar-refractivity contribution in [2.24, 2.45) is 0 Å². The molecule has 1 N–H and O–H groups in total. The molecule has 1 amide bonds. The van der Waals surface area contributed by atoms with Gasteiger partial charge in [0.05, 0.1) is 13.2 Å². The van der Waals surface area contributed by atoms with E-state index in [9.17, 15) is 9.59 Å². The third kappa shape index (κ3) is 6.56. The first-order valence-electron chi connectivity index (χ1n) is 6.28. The molecular weight excluding hydrogens is 236 g/mol. The molecule has 0 heterocycles. The third-order valence-electron chi connectivity index (χ3n) is 2.53. The minimum absolute atomic E-state index is 0.104. The monoisotopic (exact) mass is 260 g/mol. The number of hydrogen-bond donors (Lipinski definition) is 1. The number of hydrogen-bond acceptors (Lipinski definition) is 5. The van der Waals surface area contributed by atoms with Crippen LogP contribution in [0.5, 0.6) is 0 Å². The molecule has 106 valence electrons. The molecular formula is C12H24N2O4. The van der Waals surface area contributed by atoms with E-state index in [1.54, 1.807) is 6.92 Å². The van der Waals surface area contributed by atoms with Gasteiger partial charge >= 0.3 is 5.97 Å². The predicted octanol–water partition coefficient (Wildman–Crippen LogP) is 0.0225. The van der Waals surface area contributed by atoms with Gasteiger partial charge in [-0.15, -0.1) is 0 Å². The molecule has 0 rings (SSSR count). The average Bonchev–Trinajstić information content (AvgIpc) is 2.36. The summed E-state index contributed by atoms with van der Waals surface area (Å²) in [7, 11) is 1.84. The van der Waals surface area contributed by atoms with E-state index in [1.165, 1.54) is 0 Å². The van der Waals surface area contributed by atoms with Crippen LogP contribution in [0.2, 0.25) is 0 Å². The van der Waals surface area contributed by atoms with E-state index < -0.39 is 5.97 Å². The van der Waals surface area contributed by atoms with Crippen LogP contribution in [0.15, 0.2) is 0 Å². The maximum Gasteiger partial charge on any atom is 0.325 e. The Balaban J connectivity index is 4.24. The van der Waals surface area contributed by atoms with Crippen molar-refractivity contribution in [3.63, 3.8) is 0 Å². The second-order valence-electron chi connectivity index (χ2n) is 3.77. The number of likely N-dealkylation sites (N-methyl/N-ethyl adjacent to an activating group) is 1. The maximum absolute atomic E-state index is 11.9. The van der Waals surface area contributed by atoms with Gasteiger partial charge in [0.15, 0.2) is 0 Å². The van der Waals surface area contributed by atoms with E-state index in [0.717, 1.165) is 6.54 Å². The number of rotatable bonds is 9. The number of carbonyl (C=O) groups excluding carboxylic acids is 2. The van der Waals surface area contributed by atoms with Gasteiger partial charge in [-0.05, 0) is 27.4 Å². The highest BCUT2D eigenvalue weighted by Crippen LogP contribution is 1.98. The van der Waals surface area contributed by atoms with Gasteiger partial charge in [-0.3, -0.25) is 14.5 Å². The number of amides is 1. The molecule has 0 saturated carbocycles. The lowest BCUT2D eigenvalue weighted by Gasteiger charge is -2.25. The second-order valence-corrected chi connectivity index (χ2v) is 3.77. The highest BCUT2D eigenvalue weighted by atomic mass is 16.5. The lowest BCUT2D eigenvalue weighted by atomic mass is 10.2. The van der Waals surface area contributed by atoms with Gasteiger partial charge in [0.2, 0.25) is 5.91 Å². The number of carbonyl (C=O) groups is 2. The summed E-state index contributed by atoms with van der Waals surface area (Å²) in [6, 6.07) is -0.385. The Morgan fingerprint density at radius 3 is 2.39 bits per heavy atom. The summed E-state index contributed by atoms with van der Waals surface area (Å²) in [5, 5.41) is 2.56. The Labute approximate surface area is 109 Å². The van der Waals surface area contributed by atoms with Crippen molar-refractivity contribution in [2.45, 2.75) is 26.8 Å². The minimum Gasteiger partial charge on any atom is -0.465 e. The van der Waals surface area contributed by atoms with Crippen LogP contribution >= 0.6 is 0 Å². The fraction of sp³-hybridized carbons (Fsp3) is 0.833. The minimum atomic E-state index is -0.430. The summed E-state index contributed by atoms with van der Waals surface area (Å²) in [4.78, 5) is 24.9. The van der Waals surface area contributed by atoms with E-state index in [0.29, 0.717) is 19.8 Å². The van der Waals surface area contributed by atoms with Gasteiger partial charge < -0.3 is 14.8 Å². The van der Waals surface area contributed by atoms with Crippen LogP contribution in [0.3, 0.4) is 0 Å². The van der Waals surface area contributed by atoms with E-state index in [2.05, 4.69) is 5.32 Å². The molecule has 0 saturated heterocycles. The van der Waals surface area contributed by atoms with Crippen LogP contribution in [0.25, 0.3) is 0 Å². The largest absolute Gasteiger partial charge is 0.465 e. The molecule has 0 radical (unpaired) electrons. The topological polar surface area (TPSA) is 67.9 Å². The zero-order valence-corrected chi connectivity index (χ0v) is 11.7. The molecule has 0 aliphatic rings. The van der Waals surface area contributed by atoms with Gasteiger partial charge in [-0.2, -0.15) is 0 Å². The lowest BCUT2D eigenvalue weighted by Crippen LogP contribution is -2.49. The molecule has 0 aliphatic heterocycles. The molecule has 0 aromatic carbocycles. The molecule has 6 heteroatoms. The highest BCUT2D eigenvalue weighted by Gasteiger charge is 2.22. The van der Waals surface area contributed by atoms with Crippen molar-refractivity contribution in [1.82, 2.24) is 10.2 Å². The SMILES string of the molecule is CCOCC(C(=O)NCC(=O)OCC)N(C)CC. The smallest absolute Gasteiger partial charge is 0.325 e. The summed E-state index contributed by atoms with van der Waals surface area (Å²) < 4.78 is 10.0. The zero-order chi connectivity index (χ0) is 14.0. The predicted molar refractivity (Wildman–Crippen MR) is 68.2 cm³/mol. The van der Waals surface area contributed by atoms with E-state index in [1.807, 2.05) is 25.8 Å². The number of ether oxygens (including phenoxy) is 2. The van der Waals surface area contributed by atoms with Gasteiger partial charge in [0, 0.05) is 6.61 Å². The van der Waals surface area contributed by atoms with Gasteiger partial charge in [-0.1, -0.05) is 6.92 Å². The summed E-state index contributed by atoms with van der Waals surface area (Å²) in [6.07, 6.45) is 0. The first-order valence-corrected chi connectivity index (χ1v) is 6.28. The normalized spacial score (nSPS) is 12.3. The fourth-order valence-electron chi connectivity index (χ4n) is 1.34. The van der Waals surface area contributed by atoms with Crippen LogP contribution in [-0.4, -0.2) is 62.8 Å². The Morgan fingerprint density at radius 2 is 1.89 bits per heavy atom. The fourth-order valence-corrected chi connectivity index (χ4v) is 1.34. The van der Waals surface area contributed by atoms with Gasteiger partial charge in [0.25, 0.3) is 0 Å². The Hall–Kier alpha value is -1.14. The summed E-state index contributed by atoms with van der Waals surface area (Å²) in [5.74, 6) is -0.652. The quantitative estimate of drug-likeness (QED) is 0.592. The molecule has 1 atom stereocenters. The van der Waals surface area contributed by atoms with Gasteiger partial charge in [-0.25, -0.2) is 0 Å². The highest BCUT2D eigenvalue weighted by molar-refractivity contribution is 5.85. The second kappa shape index (κ2) is 9.85. The molecule has 0 bridgehead atoms. The molecule has 6 nitrogen and oxygen atoms in total. The molecule has 1 unspecified atom stereocenters. The Morgan fingerprint density at radius 1 is 1.22 bits per heavy atom. The summed E-state index contributed by atoms with van der Waals surface area (Å²) in [5.41, 5.74) is 0. The Kier molecular flexibility index (Phi) is 9.22. The van der Waals surface area contributed by atoms with E-state index in [4.69, 9.17) is 9.47 Å². The zero-order valence-electron chi connectivity index (χ0n) is 11.7. The van der Waals surface area contributed by atoms with Crippen molar-refractivity contribution < 1.29 is 19.1 Å². The maximum atomic E-state index is 11.9. The van der Waals surface area contributed by atoms with Crippen LogP contribution in [-0.2, 0) is 19.1 Å². The van der Waals surface area contributed by atoms with Crippen LogP contribution in [0, 0.1) is 0 Å². The van der Waals surface area contributed by atoms with Crippen molar-refractivity contribution in [1.29, 1.82) is 0 Å². The standard InChI is InChI=1S/C12H24N2O4/c1-5-14(4)10(9-17-6-2)12(16)13-8-11(15)18-7-3/h10H,5-9H2,1-4H3,(H,13,16). The third-order valence-corrected chi connectivity index (χ3v) is 2.53. The lowest BCUT2D eigenvalue weighted by molar-refractivity contribution is -0.144.